The van der Waals surface area contributed by atoms with E-state index in [0.717, 1.165) is 11.8 Å². The number of hydrogen-bond donors (Lipinski definition) is 1. The summed E-state index contributed by atoms with van der Waals surface area (Å²) in [6.07, 6.45) is 3.97. The van der Waals surface area contributed by atoms with Gasteiger partial charge in [-0.3, -0.25) is 4.79 Å². The minimum atomic E-state index is -0.0508. The fraction of sp³-hybridized carbons (Fsp3) is 0.100. The number of carbonyl (C=O) groups excluding carboxylic acids is 1. The summed E-state index contributed by atoms with van der Waals surface area (Å²) in [5.74, 6) is 0. The summed E-state index contributed by atoms with van der Waals surface area (Å²) < 4.78 is 0. The molecule has 13 heavy (non-hydrogen) atoms. The molecular weight excluding hydrogens is 188 g/mol. The minimum Gasteiger partial charge on any atom is -0.392 e. The number of carbonyl (C=O) groups is 1. The van der Waals surface area contributed by atoms with Gasteiger partial charge in [-0.2, -0.15) is 0 Å². The van der Waals surface area contributed by atoms with Crippen LogP contribution in [0.15, 0.2) is 24.3 Å². The Kier molecular flexibility index (Phi) is 3.68. The van der Waals surface area contributed by atoms with Gasteiger partial charge >= 0.3 is 0 Å². The van der Waals surface area contributed by atoms with Crippen LogP contribution >= 0.6 is 11.6 Å². The third-order valence-corrected chi connectivity index (χ3v) is 1.81. The SMILES string of the molecule is O=Cc1ccc(Cl)cc1C=CCO. The molecule has 0 amide bonds. The third-order valence-electron chi connectivity index (χ3n) is 1.58. The molecule has 2 nitrogen and oxygen atoms in total. The van der Waals surface area contributed by atoms with Crippen LogP contribution in [0.4, 0.5) is 0 Å². The summed E-state index contributed by atoms with van der Waals surface area (Å²) in [5, 5.41) is 9.12. The number of rotatable bonds is 3. The Labute approximate surface area is 81.5 Å². The van der Waals surface area contributed by atoms with Crippen LogP contribution in [0.3, 0.4) is 0 Å². The summed E-state index contributed by atoms with van der Waals surface area (Å²) >= 11 is 5.74. The number of aliphatic hydroxyl groups is 1. The maximum Gasteiger partial charge on any atom is 0.150 e. The van der Waals surface area contributed by atoms with Crippen molar-refractivity contribution in [3.63, 3.8) is 0 Å². The van der Waals surface area contributed by atoms with Crippen molar-refractivity contribution in [1.29, 1.82) is 0 Å². The molecule has 0 spiro atoms. The van der Waals surface area contributed by atoms with Crippen LogP contribution in [0.25, 0.3) is 6.08 Å². The minimum absolute atomic E-state index is 0.0508. The average Bonchev–Trinajstić information content (AvgIpc) is 2.15. The van der Waals surface area contributed by atoms with Crippen molar-refractivity contribution in [3.05, 3.63) is 40.4 Å². The second-order valence-corrected chi connectivity index (χ2v) is 2.91. The average molecular weight is 197 g/mol. The van der Waals surface area contributed by atoms with Crippen LogP contribution in [-0.2, 0) is 0 Å². The molecule has 1 aromatic carbocycles. The van der Waals surface area contributed by atoms with Crippen molar-refractivity contribution in [2.75, 3.05) is 6.61 Å². The van der Waals surface area contributed by atoms with Gasteiger partial charge in [0.1, 0.15) is 0 Å². The molecule has 0 aliphatic rings. The zero-order valence-electron chi connectivity index (χ0n) is 6.90. The molecule has 0 atom stereocenters. The van der Waals surface area contributed by atoms with Gasteiger partial charge in [0.25, 0.3) is 0 Å². The van der Waals surface area contributed by atoms with Crippen molar-refractivity contribution in [2.45, 2.75) is 0 Å². The van der Waals surface area contributed by atoms with E-state index in [1.54, 1.807) is 30.4 Å². The first-order chi connectivity index (χ1) is 6.27. The monoisotopic (exact) mass is 196 g/mol. The van der Waals surface area contributed by atoms with E-state index >= 15 is 0 Å². The fourth-order valence-corrected chi connectivity index (χ4v) is 1.16. The first kappa shape index (κ1) is 9.96. The molecule has 0 fully saturated rings. The number of benzene rings is 1. The molecule has 1 aromatic rings. The summed E-state index contributed by atoms with van der Waals surface area (Å²) in [6.45, 7) is -0.0508. The summed E-state index contributed by atoms with van der Waals surface area (Å²) in [7, 11) is 0. The van der Waals surface area contributed by atoms with Gasteiger partial charge in [0.15, 0.2) is 6.29 Å². The smallest absolute Gasteiger partial charge is 0.150 e. The van der Waals surface area contributed by atoms with Gasteiger partial charge in [0.05, 0.1) is 6.61 Å². The van der Waals surface area contributed by atoms with E-state index in [1.165, 1.54) is 0 Å². The first-order valence-corrected chi connectivity index (χ1v) is 4.18. The van der Waals surface area contributed by atoms with Crippen LogP contribution in [-0.4, -0.2) is 18.0 Å². The van der Waals surface area contributed by atoms with E-state index in [-0.39, 0.29) is 6.61 Å². The van der Waals surface area contributed by atoms with Gasteiger partial charge in [-0.05, 0) is 23.8 Å². The standard InChI is InChI=1S/C10H9ClO2/c11-10-4-3-9(7-13)8(6-10)2-1-5-12/h1-4,6-7,12H,5H2. The quantitative estimate of drug-likeness (QED) is 0.753. The fourth-order valence-electron chi connectivity index (χ4n) is 0.977. The molecule has 3 heteroatoms. The van der Waals surface area contributed by atoms with Crippen molar-refractivity contribution in [2.24, 2.45) is 0 Å². The maximum atomic E-state index is 10.6. The van der Waals surface area contributed by atoms with E-state index in [0.29, 0.717) is 10.6 Å². The zero-order valence-corrected chi connectivity index (χ0v) is 7.66. The predicted molar refractivity (Wildman–Crippen MR) is 53.0 cm³/mol. The Balaban J connectivity index is 3.08. The number of halogens is 1. The van der Waals surface area contributed by atoms with Crippen molar-refractivity contribution in [1.82, 2.24) is 0 Å². The van der Waals surface area contributed by atoms with Gasteiger partial charge < -0.3 is 5.11 Å². The van der Waals surface area contributed by atoms with Gasteiger partial charge in [-0.25, -0.2) is 0 Å². The second kappa shape index (κ2) is 4.80. The Bertz CT molecular complexity index is 332. The van der Waals surface area contributed by atoms with Gasteiger partial charge in [-0.15, -0.1) is 0 Å². The Morgan fingerprint density at radius 2 is 2.15 bits per heavy atom. The molecule has 0 aromatic heterocycles. The molecule has 0 heterocycles. The largest absolute Gasteiger partial charge is 0.392 e. The maximum absolute atomic E-state index is 10.6. The lowest BCUT2D eigenvalue weighted by atomic mass is 10.1. The summed E-state index contributed by atoms with van der Waals surface area (Å²) in [6, 6.07) is 4.98. The van der Waals surface area contributed by atoms with E-state index in [2.05, 4.69) is 0 Å². The molecule has 0 aliphatic heterocycles. The molecule has 0 saturated heterocycles. The van der Waals surface area contributed by atoms with Crippen LogP contribution in [0.2, 0.25) is 5.02 Å². The van der Waals surface area contributed by atoms with Crippen LogP contribution in [0, 0.1) is 0 Å². The lowest BCUT2D eigenvalue weighted by Crippen LogP contribution is -1.85. The topological polar surface area (TPSA) is 37.3 Å². The molecule has 0 saturated carbocycles. The molecular formula is C10H9ClO2. The van der Waals surface area contributed by atoms with E-state index in [4.69, 9.17) is 16.7 Å². The Morgan fingerprint density at radius 1 is 1.38 bits per heavy atom. The van der Waals surface area contributed by atoms with Crippen LogP contribution in [0.1, 0.15) is 15.9 Å². The highest BCUT2D eigenvalue weighted by Crippen LogP contribution is 2.15. The van der Waals surface area contributed by atoms with E-state index in [9.17, 15) is 4.79 Å². The summed E-state index contributed by atoms with van der Waals surface area (Å²) in [4.78, 5) is 10.6. The lowest BCUT2D eigenvalue weighted by molar-refractivity contribution is 0.112. The van der Waals surface area contributed by atoms with E-state index in [1.807, 2.05) is 0 Å². The number of hydrogen-bond acceptors (Lipinski definition) is 2. The second-order valence-electron chi connectivity index (χ2n) is 2.48. The zero-order chi connectivity index (χ0) is 9.68. The summed E-state index contributed by atoms with van der Waals surface area (Å²) in [5.41, 5.74) is 1.28. The van der Waals surface area contributed by atoms with Crippen molar-refractivity contribution in [3.8, 4) is 0 Å². The predicted octanol–water partition coefficient (Wildman–Crippen LogP) is 2.16. The normalized spacial score (nSPS) is 10.6. The molecule has 1 N–H and O–H groups in total. The molecule has 68 valence electrons. The molecule has 1 rings (SSSR count). The molecule has 0 unspecified atom stereocenters. The van der Waals surface area contributed by atoms with Gasteiger partial charge in [0.2, 0.25) is 0 Å². The number of aliphatic hydroxyl groups excluding tert-OH is 1. The Hall–Kier alpha value is -1.12. The third kappa shape index (κ3) is 2.68. The molecule has 0 radical (unpaired) electrons. The Morgan fingerprint density at radius 3 is 2.77 bits per heavy atom. The lowest BCUT2D eigenvalue weighted by Gasteiger charge is -1.98. The highest BCUT2D eigenvalue weighted by molar-refractivity contribution is 6.30. The van der Waals surface area contributed by atoms with Crippen LogP contribution in [0.5, 0.6) is 0 Å². The van der Waals surface area contributed by atoms with Gasteiger partial charge in [-0.1, -0.05) is 23.8 Å². The highest BCUT2D eigenvalue weighted by atomic mass is 35.5. The van der Waals surface area contributed by atoms with E-state index < -0.39 is 0 Å². The molecule has 0 aliphatic carbocycles. The first-order valence-electron chi connectivity index (χ1n) is 3.80. The van der Waals surface area contributed by atoms with Gasteiger partial charge in [0, 0.05) is 10.6 Å². The molecule has 0 bridgehead atoms. The number of aldehydes is 1. The van der Waals surface area contributed by atoms with Crippen molar-refractivity contribution < 1.29 is 9.90 Å². The van der Waals surface area contributed by atoms with Crippen LogP contribution < -0.4 is 0 Å². The highest BCUT2D eigenvalue weighted by Gasteiger charge is 1.98. The van der Waals surface area contributed by atoms with Crippen molar-refractivity contribution >= 4 is 24.0 Å².